The van der Waals surface area contributed by atoms with Crippen molar-refractivity contribution in [3.63, 3.8) is 0 Å². The highest BCUT2D eigenvalue weighted by molar-refractivity contribution is 5.88. The van der Waals surface area contributed by atoms with Crippen LogP contribution in [0.15, 0.2) is 24.3 Å². The molecule has 31 heavy (non-hydrogen) atoms. The van der Waals surface area contributed by atoms with Crippen LogP contribution in [0.1, 0.15) is 69.8 Å². The van der Waals surface area contributed by atoms with Gasteiger partial charge in [0.15, 0.2) is 24.1 Å². The van der Waals surface area contributed by atoms with Gasteiger partial charge in [0.05, 0.1) is 0 Å². The van der Waals surface area contributed by atoms with Crippen LogP contribution in [0.4, 0.5) is 13.2 Å². The van der Waals surface area contributed by atoms with Crippen LogP contribution in [-0.4, -0.2) is 24.6 Å². The first-order chi connectivity index (χ1) is 14.7. The lowest BCUT2D eigenvalue weighted by Gasteiger charge is -2.37. The zero-order valence-electron chi connectivity index (χ0n) is 17.8. The number of carbonyl (C=O) groups is 2. The SMILES string of the molecule is C=C(C)C(=O)OCC(=O)OC1CCC(C2CCC(c3cc(F)c(F)c(F)c3)CC2)CC1. The summed E-state index contributed by atoms with van der Waals surface area (Å²) in [5, 5.41) is 0. The highest BCUT2D eigenvalue weighted by Gasteiger charge is 2.33. The monoisotopic (exact) mass is 438 g/mol. The molecule has 0 aliphatic heterocycles. The molecule has 0 radical (unpaired) electrons. The van der Waals surface area contributed by atoms with Crippen LogP contribution in [0.5, 0.6) is 0 Å². The van der Waals surface area contributed by atoms with Crippen LogP contribution in [0.25, 0.3) is 0 Å². The first-order valence-electron chi connectivity index (χ1n) is 10.9. The lowest BCUT2D eigenvalue weighted by atomic mass is 9.69. The highest BCUT2D eigenvalue weighted by Crippen LogP contribution is 2.43. The second-order valence-corrected chi connectivity index (χ2v) is 8.79. The van der Waals surface area contributed by atoms with E-state index in [9.17, 15) is 22.8 Å². The van der Waals surface area contributed by atoms with E-state index in [1.54, 1.807) is 0 Å². The Morgan fingerprint density at radius 2 is 1.45 bits per heavy atom. The normalized spacial score (nSPS) is 26.2. The summed E-state index contributed by atoms with van der Waals surface area (Å²) in [7, 11) is 0. The average molecular weight is 438 g/mol. The third-order valence-corrected chi connectivity index (χ3v) is 6.60. The molecular formula is C24H29F3O4. The van der Waals surface area contributed by atoms with Gasteiger partial charge in [0.1, 0.15) is 6.10 Å². The number of ether oxygens (including phenoxy) is 2. The molecular weight excluding hydrogens is 409 g/mol. The molecule has 0 aromatic heterocycles. The fourth-order valence-corrected chi connectivity index (χ4v) is 4.88. The maximum Gasteiger partial charge on any atom is 0.344 e. The van der Waals surface area contributed by atoms with E-state index in [4.69, 9.17) is 9.47 Å². The van der Waals surface area contributed by atoms with Gasteiger partial charge in [0, 0.05) is 5.57 Å². The van der Waals surface area contributed by atoms with E-state index >= 15 is 0 Å². The number of hydrogen-bond acceptors (Lipinski definition) is 4. The summed E-state index contributed by atoms with van der Waals surface area (Å²) in [6.07, 6.45) is 6.91. The van der Waals surface area contributed by atoms with Crippen molar-refractivity contribution in [1.82, 2.24) is 0 Å². The Kier molecular flexibility index (Phi) is 7.79. The standard InChI is InChI=1S/C24H29F3O4/c1-14(2)24(29)30-13-22(28)31-19-9-7-16(8-10-19)15-3-5-17(6-4-15)18-11-20(25)23(27)21(26)12-18/h11-12,15-17,19H,1,3-10,13H2,2H3. The van der Waals surface area contributed by atoms with Crippen LogP contribution < -0.4 is 0 Å². The van der Waals surface area contributed by atoms with Crippen LogP contribution in [0, 0.1) is 29.3 Å². The summed E-state index contributed by atoms with van der Waals surface area (Å²) < 4.78 is 50.5. The van der Waals surface area contributed by atoms with E-state index in [0.29, 0.717) is 17.4 Å². The number of halogens is 3. The molecule has 2 fully saturated rings. The van der Waals surface area contributed by atoms with Crippen molar-refractivity contribution < 1.29 is 32.2 Å². The Morgan fingerprint density at radius 3 is 1.97 bits per heavy atom. The average Bonchev–Trinajstić information content (AvgIpc) is 2.76. The Morgan fingerprint density at radius 1 is 0.935 bits per heavy atom. The van der Waals surface area contributed by atoms with E-state index in [-0.39, 0.29) is 17.6 Å². The van der Waals surface area contributed by atoms with Crippen LogP contribution in [0.3, 0.4) is 0 Å². The predicted octanol–water partition coefficient (Wildman–Crippen LogP) is 5.60. The number of hydrogen-bond donors (Lipinski definition) is 0. The smallest absolute Gasteiger partial charge is 0.344 e. The lowest BCUT2D eigenvalue weighted by Crippen LogP contribution is -2.30. The van der Waals surface area contributed by atoms with Gasteiger partial charge in [0.2, 0.25) is 0 Å². The molecule has 0 amide bonds. The summed E-state index contributed by atoms with van der Waals surface area (Å²) in [5.41, 5.74) is 0.774. The van der Waals surface area contributed by atoms with Crippen molar-refractivity contribution in [3.8, 4) is 0 Å². The molecule has 2 aliphatic rings. The van der Waals surface area contributed by atoms with Gasteiger partial charge in [0.25, 0.3) is 0 Å². The van der Waals surface area contributed by atoms with Gasteiger partial charge in [-0.1, -0.05) is 6.58 Å². The molecule has 0 heterocycles. The van der Waals surface area contributed by atoms with E-state index < -0.39 is 36.0 Å². The fourth-order valence-electron chi connectivity index (χ4n) is 4.88. The number of benzene rings is 1. The Hall–Kier alpha value is -2.31. The van der Waals surface area contributed by atoms with Gasteiger partial charge in [-0.15, -0.1) is 0 Å². The van der Waals surface area contributed by atoms with Crippen molar-refractivity contribution in [3.05, 3.63) is 47.3 Å². The molecule has 0 atom stereocenters. The molecule has 1 aromatic carbocycles. The third-order valence-electron chi connectivity index (χ3n) is 6.60. The maximum atomic E-state index is 13.5. The highest BCUT2D eigenvalue weighted by atomic mass is 19.2. The Bertz CT molecular complexity index is 799. The van der Waals surface area contributed by atoms with E-state index in [1.807, 2.05) is 0 Å². The van der Waals surface area contributed by atoms with Crippen molar-refractivity contribution >= 4 is 11.9 Å². The molecule has 0 unspecified atom stereocenters. The second-order valence-electron chi connectivity index (χ2n) is 8.79. The fraction of sp³-hybridized carbons (Fsp3) is 0.583. The first kappa shape index (κ1) is 23.4. The maximum absolute atomic E-state index is 13.5. The van der Waals surface area contributed by atoms with Crippen molar-refractivity contribution in [2.24, 2.45) is 11.8 Å². The zero-order chi connectivity index (χ0) is 22.5. The summed E-state index contributed by atoms with van der Waals surface area (Å²) in [4.78, 5) is 23.2. The summed E-state index contributed by atoms with van der Waals surface area (Å²) in [6.45, 7) is 4.57. The molecule has 7 heteroatoms. The lowest BCUT2D eigenvalue weighted by molar-refractivity contribution is -0.162. The molecule has 0 N–H and O–H groups in total. The summed E-state index contributed by atoms with van der Waals surface area (Å²) >= 11 is 0. The van der Waals surface area contributed by atoms with Crippen molar-refractivity contribution in [1.29, 1.82) is 0 Å². The topological polar surface area (TPSA) is 52.6 Å². The number of carbonyl (C=O) groups excluding carboxylic acids is 2. The predicted molar refractivity (Wildman–Crippen MR) is 109 cm³/mol. The summed E-state index contributed by atoms with van der Waals surface area (Å²) in [5.74, 6) is -3.68. The molecule has 0 spiro atoms. The molecule has 0 bridgehead atoms. The van der Waals surface area contributed by atoms with Gasteiger partial charge < -0.3 is 9.47 Å². The minimum Gasteiger partial charge on any atom is -0.460 e. The quantitative estimate of drug-likeness (QED) is 0.330. The Labute approximate surface area is 180 Å². The minimum absolute atomic E-state index is 0.0556. The largest absolute Gasteiger partial charge is 0.460 e. The second kappa shape index (κ2) is 10.3. The number of esters is 2. The first-order valence-corrected chi connectivity index (χ1v) is 10.9. The molecule has 0 saturated heterocycles. The zero-order valence-corrected chi connectivity index (χ0v) is 17.8. The molecule has 1 aromatic rings. The number of rotatable bonds is 6. The van der Waals surface area contributed by atoms with Gasteiger partial charge in [-0.25, -0.2) is 22.8 Å². The third kappa shape index (κ3) is 6.11. The van der Waals surface area contributed by atoms with Gasteiger partial charge in [-0.3, -0.25) is 0 Å². The van der Waals surface area contributed by atoms with Crippen LogP contribution >= 0.6 is 0 Å². The molecule has 2 aliphatic carbocycles. The Balaban J connectivity index is 1.41. The van der Waals surface area contributed by atoms with Gasteiger partial charge in [-0.05, 0) is 93.7 Å². The molecule has 170 valence electrons. The molecule has 2 saturated carbocycles. The van der Waals surface area contributed by atoms with Gasteiger partial charge >= 0.3 is 11.9 Å². The van der Waals surface area contributed by atoms with E-state index in [1.165, 1.54) is 6.92 Å². The van der Waals surface area contributed by atoms with Crippen molar-refractivity contribution in [2.75, 3.05) is 6.61 Å². The van der Waals surface area contributed by atoms with E-state index in [0.717, 1.165) is 63.5 Å². The van der Waals surface area contributed by atoms with Crippen molar-refractivity contribution in [2.45, 2.75) is 70.3 Å². The molecule has 3 rings (SSSR count). The summed E-state index contributed by atoms with van der Waals surface area (Å²) in [6, 6.07) is 2.24. The van der Waals surface area contributed by atoms with Gasteiger partial charge in [-0.2, -0.15) is 0 Å². The van der Waals surface area contributed by atoms with E-state index in [2.05, 4.69) is 6.58 Å². The van der Waals surface area contributed by atoms with Crippen LogP contribution in [-0.2, 0) is 19.1 Å². The minimum atomic E-state index is -1.41. The molecule has 4 nitrogen and oxygen atoms in total. The van der Waals surface area contributed by atoms with Crippen LogP contribution in [0.2, 0.25) is 0 Å².